The van der Waals surface area contributed by atoms with Gasteiger partial charge in [0.15, 0.2) is 0 Å². The van der Waals surface area contributed by atoms with E-state index in [0.29, 0.717) is 5.69 Å². The number of hydrogen-bond donors (Lipinski definition) is 1. The molecular formula is C20H33N3O3S. The minimum absolute atomic E-state index is 0.0920. The van der Waals surface area contributed by atoms with Crippen LogP contribution in [0, 0.1) is 11.3 Å². The van der Waals surface area contributed by atoms with Crippen molar-refractivity contribution in [3.05, 3.63) is 24.3 Å². The molecule has 1 N–H and O–H groups in total. The van der Waals surface area contributed by atoms with Crippen LogP contribution in [-0.4, -0.2) is 46.8 Å². The van der Waals surface area contributed by atoms with E-state index in [4.69, 9.17) is 0 Å². The number of rotatable bonds is 6. The Balaban J connectivity index is 2.05. The lowest BCUT2D eigenvalue weighted by atomic mass is 9.96. The molecule has 27 heavy (non-hydrogen) atoms. The Morgan fingerprint density at radius 1 is 1.19 bits per heavy atom. The molecule has 0 radical (unpaired) electrons. The topological polar surface area (TPSA) is 69.7 Å². The van der Waals surface area contributed by atoms with Gasteiger partial charge in [0.05, 0.1) is 18.5 Å². The highest BCUT2D eigenvalue weighted by Gasteiger charge is 2.23. The predicted molar refractivity (Wildman–Crippen MR) is 112 cm³/mol. The molecule has 1 aliphatic heterocycles. The number of nitrogens with one attached hydrogen (secondary N) is 1. The van der Waals surface area contributed by atoms with Gasteiger partial charge in [-0.2, -0.15) is 0 Å². The van der Waals surface area contributed by atoms with Gasteiger partial charge in [0.2, 0.25) is 15.9 Å². The van der Waals surface area contributed by atoms with Gasteiger partial charge in [-0.1, -0.05) is 27.7 Å². The van der Waals surface area contributed by atoms with E-state index in [-0.39, 0.29) is 19.0 Å². The summed E-state index contributed by atoms with van der Waals surface area (Å²) in [5.74, 6) is 0.676. The Bertz CT molecular complexity index is 731. The SMILES string of the molecule is CC1CCN(c2ccc(N(CCNC(=O)C(C)(C)C)S(C)(=O)=O)cc2)CC1. The highest BCUT2D eigenvalue weighted by atomic mass is 32.2. The Labute approximate surface area is 164 Å². The number of carbonyl (C=O) groups is 1. The number of amides is 1. The third kappa shape index (κ3) is 6.13. The van der Waals surface area contributed by atoms with Crippen molar-refractivity contribution in [1.82, 2.24) is 5.32 Å². The minimum Gasteiger partial charge on any atom is -0.372 e. The van der Waals surface area contributed by atoms with Crippen molar-refractivity contribution >= 4 is 27.3 Å². The molecule has 152 valence electrons. The molecule has 0 saturated carbocycles. The van der Waals surface area contributed by atoms with Crippen molar-refractivity contribution in [3.8, 4) is 0 Å². The summed E-state index contributed by atoms with van der Waals surface area (Å²) in [6.45, 7) is 10.3. The summed E-state index contributed by atoms with van der Waals surface area (Å²) in [7, 11) is -3.43. The van der Waals surface area contributed by atoms with Crippen molar-refractivity contribution in [2.24, 2.45) is 11.3 Å². The normalized spacial score (nSPS) is 16.3. The van der Waals surface area contributed by atoms with Crippen LogP contribution in [0.5, 0.6) is 0 Å². The predicted octanol–water partition coefficient (Wildman–Crippen LogP) is 2.85. The van der Waals surface area contributed by atoms with Crippen LogP contribution in [0.3, 0.4) is 0 Å². The van der Waals surface area contributed by atoms with E-state index in [1.54, 1.807) is 0 Å². The number of benzene rings is 1. The van der Waals surface area contributed by atoms with E-state index in [1.165, 1.54) is 23.4 Å². The van der Waals surface area contributed by atoms with Crippen LogP contribution in [0.4, 0.5) is 11.4 Å². The van der Waals surface area contributed by atoms with Crippen LogP contribution in [0.2, 0.25) is 0 Å². The third-order valence-electron chi connectivity index (χ3n) is 4.97. The summed E-state index contributed by atoms with van der Waals surface area (Å²) in [6, 6.07) is 7.66. The minimum atomic E-state index is -3.43. The average molecular weight is 396 g/mol. The van der Waals surface area contributed by atoms with E-state index in [0.717, 1.165) is 24.7 Å². The van der Waals surface area contributed by atoms with Gasteiger partial charge in [0.25, 0.3) is 0 Å². The largest absolute Gasteiger partial charge is 0.372 e. The molecule has 1 fully saturated rings. The lowest BCUT2D eigenvalue weighted by Gasteiger charge is -2.32. The molecule has 0 bridgehead atoms. The molecule has 1 heterocycles. The molecule has 0 aliphatic carbocycles. The molecular weight excluding hydrogens is 362 g/mol. The lowest BCUT2D eigenvalue weighted by Crippen LogP contribution is -2.41. The van der Waals surface area contributed by atoms with Crippen molar-refractivity contribution in [2.75, 3.05) is 41.6 Å². The second-order valence-electron chi connectivity index (χ2n) is 8.53. The van der Waals surface area contributed by atoms with E-state index in [9.17, 15) is 13.2 Å². The van der Waals surface area contributed by atoms with E-state index in [2.05, 4.69) is 17.1 Å². The second-order valence-corrected chi connectivity index (χ2v) is 10.4. The fourth-order valence-electron chi connectivity index (χ4n) is 3.12. The molecule has 0 spiro atoms. The zero-order chi connectivity index (χ0) is 20.2. The Hall–Kier alpha value is -1.76. The summed E-state index contributed by atoms with van der Waals surface area (Å²) >= 11 is 0. The molecule has 0 aromatic heterocycles. The molecule has 1 amide bonds. The van der Waals surface area contributed by atoms with Gasteiger partial charge in [0.1, 0.15) is 0 Å². The summed E-state index contributed by atoms with van der Waals surface area (Å²) in [5, 5.41) is 2.81. The first-order valence-corrected chi connectivity index (χ1v) is 11.4. The lowest BCUT2D eigenvalue weighted by molar-refractivity contribution is -0.128. The van der Waals surface area contributed by atoms with Crippen LogP contribution in [0.1, 0.15) is 40.5 Å². The van der Waals surface area contributed by atoms with Gasteiger partial charge in [-0.25, -0.2) is 8.42 Å². The number of anilines is 2. The van der Waals surface area contributed by atoms with Gasteiger partial charge in [-0.05, 0) is 43.0 Å². The van der Waals surface area contributed by atoms with Crippen molar-refractivity contribution in [1.29, 1.82) is 0 Å². The zero-order valence-electron chi connectivity index (χ0n) is 17.2. The maximum atomic E-state index is 12.2. The molecule has 0 atom stereocenters. The molecule has 7 heteroatoms. The highest BCUT2D eigenvalue weighted by Crippen LogP contribution is 2.26. The second kappa shape index (κ2) is 8.50. The first-order chi connectivity index (χ1) is 12.5. The molecule has 1 aromatic carbocycles. The standard InChI is InChI=1S/C20H33N3O3S/c1-16-10-13-22(14-11-16)17-6-8-18(9-7-17)23(27(5,25)26)15-12-21-19(24)20(2,3)4/h6-9,16H,10-15H2,1-5H3,(H,21,24). The quantitative estimate of drug-likeness (QED) is 0.804. The molecule has 0 unspecified atom stereocenters. The number of carbonyl (C=O) groups excluding carboxylic acids is 1. The number of hydrogen-bond acceptors (Lipinski definition) is 4. The zero-order valence-corrected chi connectivity index (χ0v) is 18.0. The van der Waals surface area contributed by atoms with Crippen LogP contribution in [0.25, 0.3) is 0 Å². The van der Waals surface area contributed by atoms with Crippen LogP contribution >= 0.6 is 0 Å². The maximum Gasteiger partial charge on any atom is 0.232 e. The van der Waals surface area contributed by atoms with Crippen LogP contribution in [-0.2, 0) is 14.8 Å². The van der Waals surface area contributed by atoms with Gasteiger partial charge >= 0.3 is 0 Å². The van der Waals surface area contributed by atoms with Crippen molar-refractivity contribution < 1.29 is 13.2 Å². The highest BCUT2D eigenvalue weighted by molar-refractivity contribution is 7.92. The van der Waals surface area contributed by atoms with Crippen molar-refractivity contribution in [3.63, 3.8) is 0 Å². The first-order valence-electron chi connectivity index (χ1n) is 9.59. The van der Waals surface area contributed by atoms with Crippen LogP contribution < -0.4 is 14.5 Å². The first kappa shape index (κ1) is 21.5. The summed E-state index contributed by atoms with van der Waals surface area (Å²) in [6.07, 6.45) is 3.56. The maximum absolute atomic E-state index is 12.2. The summed E-state index contributed by atoms with van der Waals surface area (Å²) < 4.78 is 25.8. The third-order valence-corrected chi connectivity index (χ3v) is 6.16. The smallest absolute Gasteiger partial charge is 0.232 e. The van der Waals surface area contributed by atoms with Gasteiger partial charge in [-0.15, -0.1) is 0 Å². The Morgan fingerprint density at radius 2 is 1.74 bits per heavy atom. The van der Waals surface area contributed by atoms with Gasteiger partial charge in [-0.3, -0.25) is 9.10 Å². The average Bonchev–Trinajstić information content (AvgIpc) is 2.57. The number of nitrogens with zero attached hydrogens (tertiary/aromatic N) is 2. The van der Waals surface area contributed by atoms with E-state index < -0.39 is 15.4 Å². The van der Waals surface area contributed by atoms with E-state index in [1.807, 2.05) is 45.0 Å². The fraction of sp³-hybridized carbons (Fsp3) is 0.650. The molecule has 2 rings (SSSR count). The van der Waals surface area contributed by atoms with Gasteiger partial charge < -0.3 is 10.2 Å². The van der Waals surface area contributed by atoms with E-state index >= 15 is 0 Å². The van der Waals surface area contributed by atoms with Gasteiger partial charge in [0, 0.05) is 30.7 Å². The molecule has 1 aliphatic rings. The Morgan fingerprint density at radius 3 is 2.22 bits per heavy atom. The molecule has 1 aromatic rings. The van der Waals surface area contributed by atoms with Crippen LogP contribution in [0.15, 0.2) is 24.3 Å². The summed E-state index contributed by atoms with van der Waals surface area (Å²) in [5.41, 5.74) is 1.25. The number of piperidine rings is 1. The summed E-state index contributed by atoms with van der Waals surface area (Å²) in [4.78, 5) is 14.3. The number of sulfonamides is 1. The molecule has 6 nitrogen and oxygen atoms in total. The fourth-order valence-corrected chi connectivity index (χ4v) is 4.05. The molecule has 1 saturated heterocycles. The Kier molecular flexibility index (Phi) is 6.78. The monoisotopic (exact) mass is 395 g/mol. The van der Waals surface area contributed by atoms with Crippen molar-refractivity contribution in [2.45, 2.75) is 40.5 Å².